The predicted octanol–water partition coefficient (Wildman–Crippen LogP) is -0.0396. The fourth-order valence-corrected chi connectivity index (χ4v) is 0.995. The summed E-state index contributed by atoms with van der Waals surface area (Å²) in [5, 5.41) is 8.46. The number of carboxylic acids is 1. The maximum atomic E-state index is 11.3. The lowest BCUT2D eigenvalue weighted by Gasteiger charge is -2.25. The molecule has 4 N–H and O–H groups in total. The van der Waals surface area contributed by atoms with Crippen LogP contribution in [-0.2, 0) is 18.9 Å². The van der Waals surface area contributed by atoms with Gasteiger partial charge < -0.3 is 24.5 Å². The van der Waals surface area contributed by atoms with Crippen LogP contribution in [0.25, 0.3) is 0 Å². The minimum absolute atomic E-state index is 0.149. The molecule has 1 aliphatic rings. The molecule has 18 heavy (non-hydrogen) atoms. The number of aliphatic carboxylic acids is 1. The van der Waals surface area contributed by atoms with Crippen molar-refractivity contribution in [2.75, 3.05) is 0 Å². The molecule has 102 valence electrons. The number of phosphoric acid groups is 1. The van der Waals surface area contributed by atoms with Crippen molar-refractivity contribution in [3.8, 4) is 0 Å². The first-order valence-electron chi connectivity index (χ1n) is 4.56. The van der Waals surface area contributed by atoms with E-state index >= 15 is 0 Å². The Hall–Kier alpha value is -1.47. The Bertz CT molecular complexity index is 424. The van der Waals surface area contributed by atoms with E-state index in [0.717, 1.165) is 0 Å². The van der Waals surface area contributed by atoms with Gasteiger partial charge in [0.2, 0.25) is 5.78 Å². The Kier molecular flexibility index (Phi) is 5.93. The van der Waals surface area contributed by atoms with Gasteiger partial charge in [0.15, 0.2) is 6.10 Å². The summed E-state index contributed by atoms with van der Waals surface area (Å²) in [6.45, 7) is 5.04. The molecule has 1 aliphatic heterocycles. The molecule has 0 aromatic heterocycles. The monoisotopic (exact) mass is 280 g/mol. The Balaban J connectivity index is 0.000000494. The number of ether oxygens (including phenoxy) is 1. The van der Waals surface area contributed by atoms with Crippen molar-refractivity contribution < 1.29 is 38.7 Å². The number of hydrogen-bond donors (Lipinski definition) is 4. The number of ketones is 1. The van der Waals surface area contributed by atoms with Crippen LogP contribution >= 0.6 is 7.82 Å². The topological polar surface area (TPSA) is 141 Å². The van der Waals surface area contributed by atoms with Gasteiger partial charge in [0.05, 0.1) is 12.7 Å². The van der Waals surface area contributed by atoms with Crippen molar-refractivity contribution in [3.63, 3.8) is 0 Å². The molecule has 0 aromatic carbocycles. The van der Waals surface area contributed by atoms with E-state index in [1.165, 1.54) is 6.26 Å². The molecule has 0 aliphatic carbocycles. The largest absolute Gasteiger partial charge is 0.485 e. The predicted molar refractivity (Wildman–Crippen MR) is 59.3 cm³/mol. The lowest BCUT2D eigenvalue weighted by atomic mass is 9.97. The third-order valence-corrected chi connectivity index (χ3v) is 1.71. The molecule has 0 amide bonds. The first-order chi connectivity index (χ1) is 8.02. The SMILES string of the molecule is C=C(C)C(=O)C1OC=C1CC(=O)O.O=P(O)(O)O. The van der Waals surface area contributed by atoms with E-state index in [1.54, 1.807) is 6.92 Å². The summed E-state index contributed by atoms with van der Waals surface area (Å²) in [4.78, 5) is 43.1. The third kappa shape index (κ3) is 6.97. The second-order valence-electron chi connectivity index (χ2n) is 3.44. The first kappa shape index (κ1) is 16.5. The van der Waals surface area contributed by atoms with Crippen molar-refractivity contribution in [3.05, 3.63) is 24.0 Å². The molecule has 1 rings (SSSR count). The van der Waals surface area contributed by atoms with Gasteiger partial charge in [-0.25, -0.2) is 4.57 Å². The van der Waals surface area contributed by atoms with E-state index < -0.39 is 19.9 Å². The van der Waals surface area contributed by atoms with Gasteiger partial charge in [0.25, 0.3) is 0 Å². The zero-order valence-corrected chi connectivity index (χ0v) is 10.3. The van der Waals surface area contributed by atoms with Gasteiger partial charge in [-0.05, 0) is 12.5 Å². The number of carbonyl (C=O) groups excluding carboxylic acids is 1. The maximum absolute atomic E-state index is 11.3. The van der Waals surface area contributed by atoms with Gasteiger partial charge in [-0.15, -0.1) is 0 Å². The van der Waals surface area contributed by atoms with E-state index in [2.05, 4.69) is 6.58 Å². The highest BCUT2D eigenvalue weighted by molar-refractivity contribution is 7.45. The normalized spacial score (nSPS) is 17.3. The smallest absolute Gasteiger partial charge is 0.466 e. The molecule has 1 heterocycles. The van der Waals surface area contributed by atoms with Crippen LogP contribution in [0.15, 0.2) is 24.0 Å². The second kappa shape index (κ2) is 6.46. The number of hydrogen-bond acceptors (Lipinski definition) is 4. The zero-order chi connectivity index (χ0) is 14.5. The van der Waals surface area contributed by atoms with E-state index in [1.807, 2.05) is 0 Å². The molecule has 0 radical (unpaired) electrons. The average Bonchev–Trinajstić information content (AvgIpc) is 2.09. The average molecular weight is 280 g/mol. The molecule has 1 unspecified atom stereocenters. The van der Waals surface area contributed by atoms with Crippen LogP contribution in [0.4, 0.5) is 0 Å². The summed E-state index contributed by atoms with van der Waals surface area (Å²) in [6.07, 6.45) is 0.442. The molecular formula is C9H13O8P. The summed E-state index contributed by atoms with van der Waals surface area (Å²) >= 11 is 0. The van der Waals surface area contributed by atoms with Crippen LogP contribution in [0.5, 0.6) is 0 Å². The highest BCUT2D eigenvalue weighted by Gasteiger charge is 2.32. The Morgan fingerprint density at radius 1 is 1.44 bits per heavy atom. The van der Waals surface area contributed by atoms with Gasteiger partial charge >= 0.3 is 13.8 Å². The minimum Gasteiger partial charge on any atom is -0.485 e. The Labute approximate surface area is 102 Å². The molecule has 0 fully saturated rings. The summed E-state index contributed by atoms with van der Waals surface area (Å²) < 4.78 is 13.7. The van der Waals surface area contributed by atoms with Crippen LogP contribution < -0.4 is 0 Å². The number of carboxylic acid groups (broad SMARTS) is 1. The zero-order valence-electron chi connectivity index (χ0n) is 9.44. The van der Waals surface area contributed by atoms with Gasteiger partial charge in [-0.3, -0.25) is 9.59 Å². The van der Waals surface area contributed by atoms with E-state index in [4.69, 9.17) is 29.1 Å². The van der Waals surface area contributed by atoms with Gasteiger partial charge in [0, 0.05) is 5.57 Å². The number of Topliss-reactive ketones (excluding diaryl/α,β-unsaturated/α-hetero) is 1. The molecule has 0 aromatic rings. The van der Waals surface area contributed by atoms with E-state index in [0.29, 0.717) is 11.1 Å². The molecule has 0 saturated carbocycles. The van der Waals surface area contributed by atoms with Crippen molar-refractivity contribution in [1.82, 2.24) is 0 Å². The fraction of sp³-hybridized carbons (Fsp3) is 0.333. The van der Waals surface area contributed by atoms with Crippen LogP contribution in [0.1, 0.15) is 13.3 Å². The highest BCUT2D eigenvalue weighted by Crippen LogP contribution is 2.26. The lowest BCUT2D eigenvalue weighted by Crippen LogP contribution is -2.33. The Morgan fingerprint density at radius 2 is 1.89 bits per heavy atom. The summed E-state index contributed by atoms with van der Waals surface area (Å²) in [7, 11) is -4.64. The van der Waals surface area contributed by atoms with Crippen LogP contribution in [-0.4, -0.2) is 37.6 Å². The number of carbonyl (C=O) groups is 2. The maximum Gasteiger partial charge on any atom is 0.466 e. The van der Waals surface area contributed by atoms with Gasteiger partial charge in [-0.2, -0.15) is 0 Å². The van der Waals surface area contributed by atoms with Crippen molar-refractivity contribution in [2.24, 2.45) is 0 Å². The molecular weight excluding hydrogens is 267 g/mol. The highest BCUT2D eigenvalue weighted by atomic mass is 31.2. The van der Waals surface area contributed by atoms with E-state index in [9.17, 15) is 9.59 Å². The molecule has 1 atom stereocenters. The molecule has 0 saturated heterocycles. The van der Waals surface area contributed by atoms with Crippen LogP contribution in [0, 0.1) is 0 Å². The standard InChI is InChI=1S/C9H10O4.H3O4P/c1-5(2)8(12)9-6(4-13-9)3-7(10)11;1-5(2,3)4/h4,9H,1,3H2,2H3,(H,10,11);(H3,1,2,3,4). The molecule has 0 bridgehead atoms. The third-order valence-electron chi connectivity index (χ3n) is 1.71. The fourth-order valence-electron chi connectivity index (χ4n) is 0.995. The van der Waals surface area contributed by atoms with Crippen LogP contribution in [0.3, 0.4) is 0 Å². The summed E-state index contributed by atoms with van der Waals surface area (Å²) in [5.41, 5.74) is 0.876. The second-order valence-corrected chi connectivity index (χ2v) is 4.46. The quantitative estimate of drug-likeness (QED) is 0.415. The molecule has 0 spiro atoms. The van der Waals surface area contributed by atoms with Crippen molar-refractivity contribution >= 4 is 19.6 Å². The number of rotatable bonds is 4. The van der Waals surface area contributed by atoms with Crippen LogP contribution in [0.2, 0.25) is 0 Å². The molecule has 8 nitrogen and oxygen atoms in total. The summed E-state index contributed by atoms with van der Waals surface area (Å²) in [5.74, 6) is -1.21. The van der Waals surface area contributed by atoms with E-state index in [-0.39, 0.29) is 12.2 Å². The first-order valence-corrected chi connectivity index (χ1v) is 6.13. The summed E-state index contributed by atoms with van der Waals surface area (Å²) in [6, 6.07) is 0. The lowest BCUT2D eigenvalue weighted by molar-refractivity contribution is -0.137. The van der Waals surface area contributed by atoms with Gasteiger partial charge in [0.1, 0.15) is 0 Å². The Morgan fingerprint density at radius 3 is 2.11 bits per heavy atom. The van der Waals surface area contributed by atoms with Crippen molar-refractivity contribution in [2.45, 2.75) is 19.4 Å². The van der Waals surface area contributed by atoms with Crippen molar-refractivity contribution in [1.29, 1.82) is 0 Å². The molecule has 9 heteroatoms. The van der Waals surface area contributed by atoms with Gasteiger partial charge in [-0.1, -0.05) is 6.58 Å². The minimum atomic E-state index is -4.64.